The predicted octanol–water partition coefficient (Wildman–Crippen LogP) is 3.69. The molecule has 86 valence electrons. The van der Waals surface area contributed by atoms with Crippen molar-refractivity contribution in [2.24, 2.45) is 0 Å². The van der Waals surface area contributed by atoms with Gasteiger partial charge >= 0.3 is 6.18 Å². The van der Waals surface area contributed by atoms with E-state index in [1.54, 1.807) is 0 Å². The van der Waals surface area contributed by atoms with Crippen LogP contribution in [0.15, 0.2) is 0 Å². The Hall–Kier alpha value is 0.480. The molecule has 0 aromatic heterocycles. The average Bonchev–Trinajstić information content (AvgIpc) is 2.00. The lowest BCUT2D eigenvalue weighted by Crippen LogP contribution is -2.14. The van der Waals surface area contributed by atoms with Crippen molar-refractivity contribution in [2.75, 3.05) is 6.61 Å². The number of aliphatic hydroxyl groups is 1. The number of hydrogen-bond donors (Lipinski definition) is 1. The summed E-state index contributed by atoms with van der Waals surface area (Å²) in [5.41, 5.74) is 0. The Morgan fingerprint density at radius 1 is 1.07 bits per heavy atom. The van der Waals surface area contributed by atoms with Gasteiger partial charge in [-0.05, 0) is 12.8 Å². The van der Waals surface area contributed by atoms with Gasteiger partial charge in [0.05, 0.1) is 6.42 Å². The third-order valence-electron chi connectivity index (χ3n) is 1.88. The van der Waals surface area contributed by atoms with Gasteiger partial charge in [0, 0.05) is 10.5 Å². The topological polar surface area (TPSA) is 20.2 Å². The molecular weight excluding hydrogens is 308 g/mol. The number of unbranched alkanes of at least 4 members (excludes halogenated alkanes) is 3. The molecule has 0 aliphatic carbocycles. The molecule has 0 heterocycles. The molecule has 0 saturated carbocycles. The van der Waals surface area contributed by atoms with Gasteiger partial charge in [-0.15, -0.1) is 0 Å². The summed E-state index contributed by atoms with van der Waals surface area (Å²) >= 11 is 1.86. The Morgan fingerprint density at radius 3 is 2.14 bits per heavy atom. The van der Waals surface area contributed by atoms with Gasteiger partial charge in [0.25, 0.3) is 0 Å². The summed E-state index contributed by atoms with van der Waals surface area (Å²) in [5.74, 6) is 0. The van der Waals surface area contributed by atoms with Crippen LogP contribution >= 0.6 is 22.6 Å². The van der Waals surface area contributed by atoms with Crippen LogP contribution < -0.4 is 0 Å². The summed E-state index contributed by atoms with van der Waals surface area (Å²) < 4.78 is 35.4. The van der Waals surface area contributed by atoms with Crippen molar-refractivity contribution in [3.63, 3.8) is 0 Å². The van der Waals surface area contributed by atoms with E-state index in [-0.39, 0.29) is 10.5 Å². The van der Waals surface area contributed by atoms with Crippen molar-refractivity contribution in [1.29, 1.82) is 0 Å². The third kappa shape index (κ3) is 10.6. The molecule has 0 aromatic carbocycles. The van der Waals surface area contributed by atoms with Crippen molar-refractivity contribution in [1.82, 2.24) is 0 Å². The molecule has 1 unspecified atom stereocenters. The van der Waals surface area contributed by atoms with Crippen molar-refractivity contribution in [3.8, 4) is 0 Å². The fourth-order valence-electron chi connectivity index (χ4n) is 1.18. The van der Waals surface area contributed by atoms with Crippen LogP contribution in [0.25, 0.3) is 0 Å². The maximum Gasteiger partial charge on any atom is 0.390 e. The highest BCUT2D eigenvalue weighted by Gasteiger charge is 2.30. The van der Waals surface area contributed by atoms with Gasteiger partial charge in [0.2, 0.25) is 0 Å². The van der Waals surface area contributed by atoms with Crippen LogP contribution in [0.1, 0.15) is 38.5 Å². The molecule has 14 heavy (non-hydrogen) atoms. The van der Waals surface area contributed by atoms with Gasteiger partial charge in [-0.1, -0.05) is 41.9 Å². The lowest BCUT2D eigenvalue weighted by Gasteiger charge is -2.11. The summed E-state index contributed by atoms with van der Waals surface area (Å²) in [6.45, 7) is 0.177. The molecule has 0 spiro atoms. The van der Waals surface area contributed by atoms with E-state index < -0.39 is 12.6 Å². The van der Waals surface area contributed by atoms with Crippen LogP contribution in [0.3, 0.4) is 0 Å². The second-order valence-electron chi connectivity index (χ2n) is 3.34. The molecule has 0 fully saturated rings. The number of rotatable bonds is 7. The molecule has 1 N–H and O–H groups in total. The van der Waals surface area contributed by atoms with Crippen molar-refractivity contribution < 1.29 is 18.3 Å². The van der Waals surface area contributed by atoms with Crippen LogP contribution in [0, 0.1) is 0 Å². The van der Waals surface area contributed by atoms with Gasteiger partial charge in [-0.3, -0.25) is 0 Å². The molecule has 0 bridgehead atoms. The number of halogens is 4. The van der Waals surface area contributed by atoms with Crippen molar-refractivity contribution >= 4 is 22.6 Å². The highest BCUT2D eigenvalue weighted by Crippen LogP contribution is 2.28. The first-order valence-electron chi connectivity index (χ1n) is 4.77. The van der Waals surface area contributed by atoms with Crippen molar-refractivity contribution in [3.05, 3.63) is 0 Å². The fraction of sp³-hybridized carbons (Fsp3) is 1.00. The van der Waals surface area contributed by atoms with Crippen LogP contribution in [-0.2, 0) is 0 Å². The molecule has 5 heteroatoms. The summed E-state index contributed by atoms with van der Waals surface area (Å²) in [6.07, 6.45) is -0.700. The molecule has 0 aliphatic heterocycles. The Balaban J connectivity index is 3.31. The Kier molecular flexibility index (Phi) is 8.00. The van der Waals surface area contributed by atoms with Gasteiger partial charge < -0.3 is 5.11 Å². The standard InChI is InChI=1S/C9H16F3IO/c10-9(11,12)7-8(13)5-3-1-2-4-6-14/h8,14H,1-7H2. The van der Waals surface area contributed by atoms with Crippen LogP contribution in [0.5, 0.6) is 0 Å². The lowest BCUT2D eigenvalue weighted by molar-refractivity contribution is -0.133. The lowest BCUT2D eigenvalue weighted by atomic mass is 10.1. The summed E-state index contributed by atoms with van der Waals surface area (Å²) in [5, 5.41) is 8.48. The molecular formula is C9H16F3IO. The third-order valence-corrected chi connectivity index (χ3v) is 2.94. The number of alkyl halides is 4. The normalized spacial score (nSPS) is 14.4. The first-order valence-corrected chi connectivity index (χ1v) is 6.02. The van der Waals surface area contributed by atoms with E-state index in [0.717, 1.165) is 25.7 Å². The maximum absolute atomic E-state index is 11.9. The monoisotopic (exact) mass is 324 g/mol. The molecule has 0 aliphatic rings. The average molecular weight is 324 g/mol. The molecule has 1 nitrogen and oxygen atoms in total. The van der Waals surface area contributed by atoms with Crippen LogP contribution in [-0.4, -0.2) is 21.8 Å². The van der Waals surface area contributed by atoms with Crippen LogP contribution in [0.2, 0.25) is 0 Å². The molecule has 0 amide bonds. The molecule has 0 rings (SSSR count). The fourth-order valence-corrected chi connectivity index (χ4v) is 2.12. The zero-order valence-electron chi connectivity index (χ0n) is 7.99. The van der Waals surface area contributed by atoms with Crippen LogP contribution in [0.4, 0.5) is 13.2 Å². The second kappa shape index (κ2) is 7.73. The summed E-state index contributed by atoms with van der Waals surface area (Å²) in [7, 11) is 0. The predicted molar refractivity (Wildman–Crippen MR) is 58.7 cm³/mol. The molecule has 0 aromatic rings. The minimum atomic E-state index is -4.03. The number of aliphatic hydroxyl groups excluding tert-OH is 1. The molecule has 0 radical (unpaired) electrons. The van der Waals surface area contributed by atoms with E-state index in [4.69, 9.17) is 5.11 Å². The van der Waals surface area contributed by atoms with E-state index in [2.05, 4.69) is 0 Å². The van der Waals surface area contributed by atoms with E-state index in [1.807, 2.05) is 22.6 Å². The van der Waals surface area contributed by atoms with Gasteiger partial charge in [-0.25, -0.2) is 0 Å². The van der Waals surface area contributed by atoms with Gasteiger partial charge in [-0.2, -0.15) is 13.2 Å². The zero-order chi connectivity index (χ0) is 11.0. The van der Waals surface area contributed by atoms with Crippen molar-refractivity contribution in [2.45, 2.75) is 48.6 Å². The smallest absolute Gasteiger partial charge is 0.390 e. The van der Waals surface area contributed by atoms with E-state index in [0.29, 0.717) is 6.42 Å². The summed E-state index contributed by atoms with van der Waals surface area (Å²) in [4.78, 5) is 0. The Labute approximate surface area is 96.2 Å². The molecule has 0 saturated heterocycles. The first-order chi connectivity index (χ1) is 6.45. The van der Waals surface area contributed by atoms with E-state index in [9.17, 15) is 13.2 Å². The van der Waals surface area contributed by atoms with E-state index >= 15 is 0 Å². The maximum atomic E-state index is 11.9. The minimum Gasteiger partial charge on any atom is -0.396 e. The SMILES string of the molecule is OCCCCCCC(I)CC(F)(F)F. The Bertz CT molecular complexity index is 139. The van der Waals surface area contributed by atoms with Gasteiger partial charge in [0.1, 0.15) is 0 Å². The second-order valence-corrected chi connectivity index (χ2v) is 5.10. The summed E-state index contributed by atoms with van der Waals surface area (Å²) in [6, 6.07) is 0. The largest absolute Gasteiger partial charge is 0.396 e. The highest BCUT2D eigenvalue weighted by atomic mass is 127. The van der Waals surface area contributed by atoms with Gasteiger partial charge in [0.15, 0.2) is 0 Å². The highest BCUT2D eigenvalue weighted by molar-refractivity contribution is 14.1. The molecule has 1 atom stereocenters. The Morgan fingerprint density at radius 2 is 1.64 bits per heavy atom. The number of hydrogen-bond acceptors (Lipinski definition) is 1. The van der Waals surface area contributed by atoms with E-state index in [1.165, 1.54) is 0 Å². The minimum absolute atomic E-state index is 0.177. The zero-order valence-corrected chi connectivity index (χ0v) is 10.1. The quantitative estimate of drug-likeness (QED) is 0.430. The first kappa shape index (κ1) is 14.5.